The van der Waals surface area contributed by atoms with Gasteiger partial charge in [-0.15, -0.1) is 0 Å². The summed E-state index contributed by atoms with van der Waals surface area (Å²) < 4.78 is 0. The van der Waals surface area contributed by atoms with Gasteiger partial charge in [0, 0.05) is 57.9 Å². The Kier molecular flexibility index (Phi) is 11.8. The number of hydrogen-bond acceptors (Lipinski definition) is 10. The van der Waals surface area contributed by atoms with Gasteiger partial charge >= 0.3 is 0 Å². The van der Waals surface area contributed by atoms with E-state index in [0.717, 1.165) is 35.5 Å². The highest BCUT2D eigenvalue weighted by Gasteiger charge is 2.59. The molecule has 0 amide bonds. The fourth-order valence-electron chi connectivity index (χ4n) is 17.4. The van der Waals surface area contributed by atoms with Crippen molar-refractivity contribution in [1.29, 1.82) is 0 Å². The molecule has 6 saturated carbocycles. The summed E-state index contributed by atoms with van der Waals surface area (Å²) in [5.41, 5.74) is 0.545. The molecule has 16 bridgehead atoms. The third-order valence-corrected chi connectivity index (χ3v) is 19.5. The first-order valence-corrected chi connectivity index (χ1v) is 24.9. The van der Waals surface area contributed by atoms with Crippen molar-refractivity contribution in [3.8, 4) is 0 Å². The summed E-state index contributed by atoms with van der Waals surface area (Å²) in [6.07, 6.45) is 34.0. The summed E-state index contributed by atoms with van der Waals surface area (Å²) in [5.74, 6) is 5.56. The molecular formula is C48H85N5O5. The first-order valence-electron chi connectivity index (χ1n) is 24.9. The smallest absolute Gasteiger partial charge is 0.0443 e. The average molecular weight is 812 g/mol. The van der Waals surface area contributed by atoms with Crippen molar-refractivity contribution in [2.45, 2.75) is 266 Å². The van der Waals surface area contributed by atoms with Crippen LogP contribution in [0.3, 0.4) is 0 Å². The minimum atomic E-state index is 0.0885. The van der Waals surface area contributed by atoms with E-state index in [1.54, 1.807) is 25.3 Å². The van der Waals surface area contributed by atoms with Gasteiger partial charge in [-0.05, 0) is 231 Å². The van der Waals surface area contributed by atoms with Crippen molar-refractivity contribution < 1.29 is 26.0 Å². The molecule has 10 nitrogen and oxygen atoms in total. The Hall–Kier alpha value is -0.400. The maximum Gasteiger partial charge on any atom is 0.0443 e. The molecule has 0 spiro atoms. The Labute approximate surface area is 351 Å². The SMILES string of the molecule is CC12CC3CC(C1)CC(C)(C3)N2O.CC12CC3CC(CC(C3)N1O)C2.CC12CCCC(C)(CCC1)N2O.ON1C2CC3CC(C2)CC1C3.ON1C2CCCC1CCC2. The van der Waals surface area contributed by atoms with Gasteiger partial charge in [0.05, 0.1) is 0 Å². The summed E-state index contributed by atoms with van der Waals surface area (Å²) in [4.78, 5) is 0. The zero-order valence-electron chi connectivity index (χ0n) is 37.4. The fourth-order valence-corrected chi connectivity index (χ4v) is 17.4. The van der Waals surface area contributed by atoms with Gasteiger partial charge in [-0.2, -0.15) is 25.3 Å². The Morgan fingerprint density at radius 1 is 0.328 bits per heavy atom. The highest BCUT2D eigenvalue weighted by Crippen LogP contribution is 2.58. The Morgan fingerprint density at radius 2 is 0.655 bits per heavy atom. The quantitative estimate of drug-likeness (QED) is 0.162. The van der Waals surface area contributed by atoms with Crippen LogP contribution in [0.1, 0.15) is 208 Å². The minimum Gasteiger partial charge on any atom is -0.313 e. The normalized spacial score (nSPS) is 53.4. The summed E-state index contributed by atoms with van der Waals surface area (Å²) in [6.45, 7) is 11.1. The molecule has 10 heteroatoms. The first-order chi connectivity index (χ1) is 27.5. The maximum absolute atomic E-state index is 10.2. The van der Waals surface area contributed by atoms with E-state index >= 15 is 0 Å². The van der Waals surface area contributed by atoms with Gasteiger partial charge in [0.2, 0.25) is 0 Å². The van der Waals surface area contributed by atoms with Crippen molar-refractivity contribution in [1.82, 2.24) is 25.3 Å². The predicted molar refractivity (Wildman–Crippen MR) is 225 cm³/mol. The van der Waals surface area contributed by atoms with E-state index in [9.17, 15) is 26.0 Å². The van der Waals surface area contributed by atoms with Gasteiger partial charge in [0.15, 0.2) is 0 Å². The van der Waals surface area contributed by atoms with Gasteiger partial charge in [-0.1, -0.05) is 12.8 Å². The molecule has 0 aromatic carbocycles. The van der Waals surface area contributed by atoms with E-state index in [4.69, 9.17) is 0 Å². The number of hydroxylamine groups is 10. The molecule has 0 aromatic heterocycles. The third-order valence-electron chi connectivity index (χ3n) is 19.5. The first kappa shape index (κ1) is 42.9. The minimum absolute atomic E-state index is 0.0885. The van der Waals surface area contributed by atoms with Crippen LogP contribution in [0, 0.1) is 35.5 Å². The van der Waals surface area contributed by atoms with E-state index < -0.39 is 0 Å². The van der Waals surface area contributed by atoms with Crippen LogP contribution in [0.25, 0.3) is 0 Å². The zero-order valence-corrected chi connectivity index (χ0v) is 37.4. The summed E-state index contributed by atoms with van der Waals surface area (Å²) in [6, 6.07) is 2.58. The van der Waals surface area contributed by atoms with Crippen LogP contribution in [-0.2, 0) is 0 Å². The van der Waals surface area contributed by atoms with Crippen LogP contribution in [0.2, 0.25) is 0 Å². The topological polar surface area (TPSA) is 117 Å². The van der Waals surface area contributed by atoms with Crippen molar-refractivity contribution in [3.63, 3.8) is 0 Å². The fraction of sp³-hybridized carbons (Fsp3) is 1.00. The predicted octanol–water partition coefficient (Wildman–Crippen LogP) is 10.4. The monoisotopic (exact) mass is 812 g/mol. The van der Waals surface area contributed by atoms with E-state index in [2.05, 4.69) is 34.6 Å². The molecule has 10 saturated heterocycles. The second kappa shape index (κ2) is 16.0. The lowest BCUT2D eigenvalue weighted by atomic mass is 9.55. The number of fused-ring (bicyclic) bond motifs is 4. The van der Waals surface area contributed by atoms with Gasteiger partial charge in [0.1, 0.15) is 0 Å². The van der Waals surface area contributed by atoms with Crippen molar-refractivity contribution in [3.05, 3.63) is 0 Å². The molecule has 0 radical (unpaired) electrons. The number of rotatable bonds is 0. The largest absolute Gasteiger partial charge is 0.313 e. The van der Waals surface area contributed by atoms with E-state index in [-0.39, 0.29) is 27.7 Å². The molecular weight excluding hydrogens is 727 g/mol. The van der Waals surface area contributed by atoms with Crippen molar-refractivity contribution >= 4 is 0 Å². The highest BCUT2D eigenvalue weighted by molar-refractivity contribution is 5.10. The van der Waals surface area contributed by atoms with Gasteiger partial charge < -0.3 is 26.0 Å². The molecule has 5 N–H and O–H groups in total. The zero-order chi connectivity index (χ0) is 40.8. The van der Waals surface area contributed by atoms with E-state index in [1.165, 1.54) is 173 Å². The second-order valence-electron chi connectivity index (χ2n) is 24.6. The van der Waals surface area contributed by atoms with Crippen LogP contribution in [0.5, 0.6) is 0 Å². The molecule has 2 atom stereocenters. The van der Waals surface area contributed by atoms with E-state index in [0.29, 0.717) is 30.2 Å². The maximum atomic E-state index is 10.2. The second-order valence-corrected chi connectivity index (χ2v) is 24.6. The number of piperidine rings is 10. The Morgan fingerprint density at radius 3 is 1.03 bits per heavy atom. The van der Waals surface area contributed by atoms with Crippen molar-refractivity contribution in [2.24, 2.45) is 35.5 Å². The molecule has 0 aromatic rings. The lowest BCUT2D eigenvalue weighted by molar-refractivity contribution is -0.306. The third kappa shape index (κ3) is 8.04. The molecule has 6 aliphatic carbocycles. The molecule has 16 rings (SSSR count). The summed E-state index contributed by atoms with van der Waals surface area (Å²) in [5, 5.41) is 57.6. The Balaban J connectivity index is 0.0000000941. The van der Waals surface area contributed by atoms with Crippen molar-refractivity contribution in [2.75, 3.05) is 0 Å². The van der Waals surface area contributed by atoms with Crippen LogP contribution < -0.4 is 0 Å². The molecule has 10 heterocycles. The molecule has 58 heavy (non-hydrogen) atoms. The van der Waals surface area contributed by atoms with Crippen LogP contribution in [0.4, 0.5) is 0 Å². The lowest BCUT2D eigenvalue weighted by Crippen LogP contribution is -2.68. The van der Waals surface area contributed by atoms with Crippen LogP contribution in [0.15, 0.2) is 0 Å². The number of nitrogens with zero attached hydrogens (tertiary/aromatic N) is 5. The molecule has 10 aliphatic heterocycles. The molecule has 16 fully saturated rings. The van der Waals surface area contributed by atoms with Gasteiger partial charge in [-0.25, -0.2) is 0 Å². The van der Waals surface area contributed by atoms with Crippen LogP contribution in [-0.4, -0.2) is 109 Å². The van der Waals surface area contributed by atoms with Gasteiger partial charge in [-0.3, -0.25) is 0 Å². The summed E-state index contributed by atoms with van der Waals surface area (Å²) >= 11 is 0. The summed E-state index contributed by atoms with van der Waals surface area (Å²) in [7, 11) is 0. The van der Waals surface area contributed by atoms with E-state index in [1.807, 2.05) is 0 Å². The highest BCUT2D eigenvalue weighted by atomic mass is 16.5. The van der Waals surface area contributed by atoms with Crippen LogP contribution >= 0.6 is 0 Å². The number of hydrogen-bond donors (Lipinski definition) is 5. The molecule has 332 valence electrons. The lowest BCUT2D eigenvalue weighted by Gasteiger charge is -2.64. The Bertz CT molecular complexity index is 1320. The van der Waals surface area contributed by atoms with Gasteiger partial charge in [0.25, 0.3) is 0 Å². The molecule has 2 unspecified atom stereocenters. The molecule has 16 aliphatic rings. The standard InChI is InChI=1S/C11H19NO.C10H17NO.C10H19NO.C9H15NO.C8H15NO/c1-10-4-8-3-9(5-10)7-11(2,6-8)12(10)13;1-10-5-7-2-8(6-10)4-9(3-7)11(10)12;1-9-5-3-7-10(2,11(9)12)8-4-6-9;11-10-8-2-6-1-7(4-8)5-9(10)3-6;10-9-7-3-1-4-8(9)6-2-5-7/h8-9,13H,3-7H2,1-2H3;7-9,12H,2-6H2,1H3;12H,3-8H2,1-2H3;6-9,11H,1-5H2;7-8,10H,1-6H2. The average Bonchev–Trinajstić information content (AvgIpc) is 3.13.